The zero-order chi connectivity index (χ0) is 40.1. The molecule has 12 heteroatoms. The summed E-state index contributed by atoms with van der Waals surface area (Å²) in [6.45, 7) is 15.1. The Balaban J connectivity index is 1.73. The topological polar surface area (TPSA) is 151 Å². The first kappa shape index (κ1) is 44.2. The highest BCUT2D eigenvalue weighted by Gasteiger charge is 2.50. The van der Waals surface area contributed by atoms with Gasteiger partial charge in [-0.05, 0) is 111 Å². The molecule has 0 radical (unpaired) electrons. The number of ketones is 1. The van der Waals surface area contributed by atoms with E-state index in [9.17, 15) is 24.9 Å². The molecule has 3 N–H and O–H groups in total. The summed E-state index contributed by atoms with van der Waals surface area (Å²) in [7, 11) is 5.70. The average Bonchev–Trinajstić information content (AvgIpc) is 3.13. The molecule has 2 fully saturated rings. The van der Waals surface area contributed by atoms with Gasteiger partial charge in [0.1, 0.15) is 29.8 Å². The lowest BCUT2D eigenvalue weighted by Gasteiger charge is -2.47. The van der Waals surface area contributed by atoms with E-state index in [2.05, 4.69) is 18.0 Å². The van der Waals surface area contributed by atoms with Gasteiger partial charge in [-0.3, -0.25) is 14.6 Å². The van der Waals surface area contributed by atoms with Crippen LogP contribution in [0.25, 0.3) is 10.9 Å². The van der Waals surface area contributed by atoms with Crippen molar-refractivity contribution in [2.24, 2.45) is 17.8 Å². The first-order chi connectivity index (χ1) is 25.3. The van der Waals surface area contributed by atoms with Crippen molar-refractivity contribution in [1.29, 1.82) is 0 Å². The Kier molecular flexibility index (Phi) is 15.2. The Bertz CT molecular complexity index is 1540. The number of carbonyl (C=O) groups is 2. The molecule has 0 amide bonds. The summed E-state index contributed by atoms with van der Waals surface area (Å²) in [6, 6.07) is 9.38. The Morgan fingerprint density at radius 2 is 1.76 bits per heavy atom. The normalized spacial score (nSPS) is 38.2. The molecule has 13 atom stereocenters. The maximum Gasteiger partial charge on any atom is 0.316 e. The third-order valence-corrected chi connectivity index (χ3v) is 11.9. The molecule has 2 aliphatic rings. The van der Waals surface area contributed by atoms with E-state index < -0.39 is 71.5 Å². The van der Waals surface area contributed by atoms with Gasteiger partial charge in [-0.1, -0.05) is 39.0 Å². The van der Waals surface area contributed by atoms with Gasteiger partial charge in [-0.25, -0.2) is 0 Å². The van der Waals surface area contributed by atoms with Crippen molar-refractivity contribution < 1.29 is 43.9 Å². The van der Waals surface area contributed by atoms with E-state index in [0.29, 0.717) is 32.4 Å². The molecule has 0 unspecified atom stereocenters. The second kappa shape index (κ2) is 18.6. The number of esters is 1. The molecule has 0 saturated carbocycles. The van der Waals surface area contributed by atoms with Crippen molar-refractivity contribution in [2.75, 3.05) is 34.3 Å². The largest absolute Gasteiger partial charge is 0.459 e. The van der Waals surface area contributed by atoms with Crippen molar-refractivity contribution in [1.82, 2.24) is 14.8 Å². The van der Waals surface area contributed by atoms with Crippen LogP contribution < -0.4 is 0 Å². The highest BCUT2D eigenvalue weighted by Crippen LogP contribution is 2.38. The van der Waals surface area contributed by atoms with Gasteiger partial charge in [-0.15, -0.1) is 0 Å². The van der Waals surface area contributed by atoms with Crippen molar-refractivity contribution in [3.63, 3.8) is 0 Å². The van der Waals surface area contributed by atoms with Gasteiger partial charge in [0.25, 0.3) is 0 Å². The summed E-state index contributed by atoms with van der Waals surface area (Å²) in [5.74, 6) is -3.38. The Morgan fingerprint density at radius 1 is 1.07 bits per heavy atom. The van der Waals surface area contributed by atoms with Crippen LogP contribution in [0.15, 0.2) is 36.5 Å². The molecule has 2 saturated heterocycles. The molecule has 4 rings (SSSR count). The highest BCUT2D eigenvalue weighted by atomic mass is 16.7. The van der Waals surface area contributed by atoms with Crippen molar-refractivity contribution >= 4 is 22.7 Å². The first-order valence-corrected chi connectivity index (χ1v) is 19.8. The third-order valence-electron chi connectivity index (χ3n) is 11.9. The molecule has 3 heterocycles. The third kappa shape index (κ3) is 10.2. The zero-order valence-corrected chi connectivity index (χ0v) is 34.4. The van der Waals surface area contributed by atoms with Gasteiger partial charge in [0.15, 0.2) is 12.1 Å². The number of nitrogens with zero attached hydrogens (tertiary/aromatic N) is 3. The van der Waals surface area contributed by atoms with Gasteiger partial charge in [0.05, 0.1) is 23.3 Å². The Morgan fingerprint density at radius 3 is 2.43 bits per heavy atom. The van der Waals surface area contributed by atoms with E-state index in [0.717, 1.165) is 22.9 Å². The molecule has 1 aromatic carbocycles. The number of hydrogen-bond acceptors (Lipinski definition) is 12. The quantitative estimate of drug-likeness (QED) is 0.189. The number of likely N-dealkylation sites (N-methyl/N-ethyl adjacent to an activating group) is 2. The van der Waals surface area contributed by atoms with E-state index in [1.165, 1.54) is 13.8 Å². The van der Waals surface area contributed by atoms with Gasteiger partial charge < -0.3 is 44.1 Å². The predicted octanol–water partition coefficient (Wildman–Crippen LogP) is 4.39. The van der Waals surface area contributed by atoms with Crippen LogP contribution in [0, 0.1) is 17.8 Å². The lowest BCUT2D eigenvalue weighted by Crippen LogP contribution is -2.59. The summed E-state index contributed by atoms with van der Waals surface area (Å²) >= 11 is 0. The smallest absolute Gasteiger partial charge is 0.316 e. The number of aryl methyl sites for hydroxylation is 1. The van der Waals surface area contributed by atoms with Crippen LogP contribution in [-0.4, -0.2) is 136 Å². The van der Waals surface area contributed by atoms with Crippen LogP contribution >= 0.6 is 0 Å². The van der Waals surface area contributed by atoms with Gasteiger partial charge in [-0.2, -0.15) is 0 Å². The summed E-state index contributed by atoms with van der Waals surface area (Å²) in [5.41, 5.74) is -0.866. The monoisotopic (exact) mass is 757 g/mol. The number of fused-ring (bicyclic) bond motifs is 1. The van der Waals surface area contributed by atoms with Crippen LogP contribution in [0.2, 0.25) is 0 Å². The minimum absolute atomic E-state index is 0.0502. The lowest BCUT2D eigenvalue weighted by molar-refractivity contribution is -0.297. The average molecular weight is 758 g/mol. The second-order valence-corrected chi connectivity index (χ2v) is 16.8. The van der Waals surface area contributed by atoms with E-state index in [1.54, 1.807) is 13.8 Å². The summed E-state index contributed by atoms with van der Waals surface area (Å²) in [6.07, 6.45) is -1.03. The predicted molar refractivity (Wildman–Crippen MR) is 208 cm³/mol. The molecule has 12 nitrogen and oxygen atoms in total. The van der Waals surface area contributed by atoms with E-state index in [-0.39, 0.29) is 24.5 Å². The van der Waals surface area contributed by atoms with Crippen LogP contribution in [0.1, 0.15) is 86.6 Å². The van der Waals surface area contributed by atoms with Gasteiger partial charge in [0, 0.05) is 42.7 Å². The number of cyclic esters (lactones) is 1. The second-order valence-electron chi connectivity index (χ2n) is 16.8. The number of ether oxygens (including phenoxy) is 4. The van der Waals surface area contributed by atoms with Gasteiger partial charge >= 0.3 is 5.97 Å². The van der Waals surface area contributed by atoms with Crippen LogP contribution in [-0.2, 0) is 35.0 Å². The number of aliphatic hydroxyl groups is 3. The summed E-state index contributed by atoms with van der Waals surface area (Å²) in [5, 5.41) is 35.7. The molecule has 304 valence electrons. The van der Waals surface area contributed by atoms with Crippen molar-refractivity contribution in [3.8, 4) is 0 Å². The minimum atomic E-state index is -1.78. The SMILES string of the molecule is CC[C@@H]1OC(=O)[C@H](C)C(=O)[C@H](C)[C@@H](O[C@@H]2O[C@H](C)C[C@H](N(C)C)[C@H]2O)[C@@](C)(OCCCc2cnc3ccccc3c2)C[C@@H](C)CN(C)[C@@H](C)[C@@H](O)[C@]1(C)O. The molecule has 0 spiro atoms. The van der Waals surface area contributed by atoms with E-state index in [4.69, 9.17) is 18.9 Å². The Labute approximate surface area is 322 Å². The maximum absolute atomic E-state index is 14.4. The molecule has 2 aliphatic heterocycles. The standard InChI is InChI=1S/C42H67N3O9/c1-12-34-42(8,50)37(48)29(6)45(11)24-25(2)22-41(7,51-19-15-16-30-21-31-17-13-14-18-32(31)43-23-30)38(27(4)35(46)28(5)39(49)53-34)54-40-36(47)33(44(9)10)20-26(3)52-40/h13-14,17-18,21,23,25-29,33-34,36-38,40,47-48,50H,12,15-16,19-20,22,24H2,1-11H3/t25-,26-,27+,28-,29+,33+,34+,36-,37-,38-,40+,41+,42-/m1/s1. The number of carbonyl (C=O) groups excluding carboxylic acids is 2. The molecule has 2 aromatic rings. The molecular weight excluding hydrogens is 690 g/mol. The number of aliphatic hydroxyl groups excluding tert-OH is 2. The molecular formula is C42H67N3O9. The first-order valence-electron chi connectivity index (χ1n) is 19.8. The van der Waals surface area contributed by atoms with Crippen LogP contribution in [0.4, 0.5) is 0 Å². The number of Topliss-reactive ketones (excluding diaryl/α,β-unsaturated/α-hetero) is 1. The highest BCUT2D eigenvalue weighted by molar-refractivity contribution is 6.00. The van der Waals surface area contributed by atoms with Gasteiger partial charge in [0.2, 0.25) is 0 Å². The maximum atomic E-state index is 14.4. The fourth-order valence-corrected chi connectivity index (χ4v) is 8.53. The molecule has 0 aliphatic carbocycles. The number of pyridine rings is 1. The molecule has 0 bridgehead atoms. The fraction of sp³-hybridized carbons (Fsp3) is 0.738. The number of benzene rings is 1. The molecule has 1 aromatic heterocycles. The minimum Gasteiger partial charge on any atom is -0.459 e. The number of hydrogen-bond donors (Lipinski definition) is 3. The van der Waals surface area contributed by atoms with Crippen molar-refractivity contribution in [3.05, 3.63) is 42.1 Å². The molecule has 54 heavy (non-hydrogen) atoms. The Hall–Kier alpha value is -2.55. The lowest BCUT2D eigenvalue weighted by atomic mass is 9.78. The van der Waals surface area contributed by atoms with Crippen LogP contribution in [0.5, 0.6) is 0 Å². The summed E-state index contributed by atoms with van der Waals surface area (Å²) in [4.78, 5) is 36.6. The number of aromatic nitrogens is 1. The zero-order valence-electron chi connectivity index (χ0n) is 34.4. The number of rotatable bonds is 9. The van der Waals surface area contributed by atoms with Crippen molar-refractivity contribution in [2.45, 2.75) is 148 Å². The van der Waals surface area contributed by atoms with E-state index >= 15 is 0 Å². The van der Waals surface area contributed by atoms with E-state index in [1.807, 2.05) is 82.2 Å². The summed E-state index contributed by atoms with van der Waals surface area (Å²) < 4.78 is 25.8. The fourth-order valence-electron chi connectivity index (χ4n) is 8.53. The van der Waals surface area contributed by atoms with Crippen LogP contribution in [0.3, 0.4) is 0 Å². The number of para-hydroxylation sites is 1.